The number of carbonyl (C=O) groups excluding carboxylic acids is 2. The van der Waals surface area contributed by atoms with Crippen molar-refractivity contribution in [2.24, 2.45) is 0 Å². The molecular weight excluding hydrogens is 368 g/mol. The highest BCUT2D eigenvalue weighted by atomic mass is 16.2. The predicted molar refractivity (Wildman–Crippen MR) is 109 cm³/mol. The Kier molecular flexibility index (Phi) is 8.06. The van der Waals surface area contributed by atoms with Crippen LogP contribution in [0.1, 0.15) is 41.7 Å². The Labute approximate surface area is 171 Å². The van der Waals surface area contributed by atoms with Gasteiger partial charge in [0.25, 0.3) is 5.91 Å². The minimum Gasteiger partial charge on any atom is -0.352 e. The third-order valence-electron chi connectivity index (χ3n) is 5.03. The summed E-state index contributed by atoms with van der Waals surface area (Å²) in [6.45, 7) is 4.30. The highest BCUT2D eigenvalue weighted by Crippen LogP contribution is 2.09. The third-order valence-corrected chi connectivity index (χ3v) is 5.03. The van der Waals surface area contributed by atoms with Crippen molar-refractivity contribution in [3.63, 3.8) is 0 Å². The molecule has 0 bridgehead atoms. The number of nitrogens with one attached hydrogen (secondary N) is 1. The Balaban J connectivity index is 1.53. The average Bonchev–Trinajstić information content (AvgIpc) is 2.79. The van der Waals surface area contributed by atoms with Crippen LogP contribution < -0.4 is 5.32 Å². The summed E-state index contributed by atoms with van der Waals surface area (Å²) >= 11 is 0. The van der Waals surface area contributed by atoms with Crippen LogP contribution in [0.5, 0.6) is 0 Å². The van der Waals surface area contributed by atoms with E-state index in [2.05, 4.69) is 25.2 Å². The zero-order valence-corrected chi connectivity index (χ0v) is 16.7. The summed E-state index contributed by atoms with van der Waals surface area (Å²) in [5.74, 6) is -0.279. The maximum absolute atomic E-state index is 12.9. The zero-order valence-electron chi connectivity index (χ0n) is 16.7. The van der Waals surface area contributed by atoms with E-state index in [9.17, 15) is 9.59 Å². The topological polar surface area (TPSA) is 91.3 Å². The molecule has 1 aliphatic heterocycles. The molecule has 1 aliphatic rings. The lowest BCUT2D eigenvalue weighted by atomic mass is 10.1. The smallest absolute Gasteiger partial charge is 0.274 e. The minimum atomic E-state index is -0.185. The maximum atomic E-state index is 12.9. The molecule has 0 atom stereocenters. The van der Waals surface area contributed by atoms with E-state index in [-0.39, 0.29) is 18.2 Å². The van der Waals surface area contributed by atoms with E-state index in [1.54, 1.807) is 23.5 Å². The number of amides is 2. The fraction of sp³-hybridized carbons (Fsp3) is 0.476. The third kappa shape index (κ3) is 6.90. The molecule has 3 heterocycles. The van der Waals surface area contributed by atoms with Crippen molar-refractivity contribution in [3.8, 4) is 0 Å². The van der Waals surface area contributed by atoms with Crippen LogP contribution in [-0.2, 0) is 11.3 Å². The second-order valence-electron chi connectivity index (χ2n) is 7.17. The van der Waals surface area contributed by atoms with E-state index in [0.717, 1.165) is 25.2 Å². The molecule has 0 aromatic carbocycles. The number of likely N-dealkylation sites (tertiary alicyclic amines) is 1. The van der Waals surface area contributed by atoms with E-state index >= 15 is 0 Å². The fourth-order valence-corrected chi connectivity index (χ4v) is 3.36. The summed E-state index contributed by atoms with van der Waals surface area (Å²) in [6, 6.07) is 3.75. The molecule has 8 heteroatoms. The lowest BCUT2D eigenvalue weighted by Gasteiger charge is -2.30. The highest BCUT2D eigenvalue weighted by molar-refractivity contribution is 5.92. The summed E-state index contributed by atoms with van der Waals surface area (Å²) in [5.41, 5.74) is 1.25. The van der Waals surface area contributed by atoms with E-state index in [1.165, 1.54) is 31.7 Å². The van der Waals surface area contributed by atoms with Gasteiger partial charge in [0.15, 0.2) is 0 Å². The second kappa shape index (κ2) is 11.2. The van der Waals surface area contributed by atoms with Gasteiger partial charge in [-0.3, -0.25) is 19.6 Å². The fourth-order valence-electron chi connectivity index (χ4n) is 3.36. The second-order valence-corrected chi connectivity index (χ2v) is 7.17. The largest absolute Gasteiger partial charge is 0.352 e. The summed E-state index contributed by atoms with van der Waals surface area (Å²) in [4.78, 5) is 41.4. The van der Waals surface area contributed by atoms with Gasteiger partial charge in [0.2, 0.25) is 5.91 Å². The number of aromatic nitrogens is 3. The minimum absolute atomic E-state index is 0.0937. The van der Waals surface area contributed by atoms with Gasteiger partial charge < -0.3 is 15.1 Å². The van der Waals surface area contributed by atoms with Crippen LogP contribution in [0.3, 0.4) is 0 Å². The molecule has 154 valence electrons. The Morgan fingerprint density at radius 2 is 1.86 bits per heavy atom. The van der Waals surface area contributed by atoms with Gasteiger partial charge in [0.1, 0.15) is 5.69 Å². The molecule has 1 fully saturated rings. The molecule has 8 nitrogen and oxygen atoms in total. The molecule has 1 saturated heterocycles. The van der Waals surface area contributed by atoms with Crippen molar-refractivity contribution in [1.29, 1.82) is 0 Å². The van der Waals surface area contributed by atoms with Crippen molar-refractivity contribution in [1.82, 2.24) is 30.1 Å². The first-order chi connectivity index (χ1) is 14.2. The Hall–Kier alpha value is -2.87. The number of hydrogen-bond acceptors (Lipinski definition) is 6. The molecule has 2 amide bonds. The molecule has 0 saturated carbocycles. The summed E-state index contributed by atoms with van der Waals surface area (Å²) < 4.78 is 0. The molecule has 2 aromatic heterocycles. The van der Waals surface area contributed by atoms with Gasteiger partial charge in [0, 0.05) is 57.4 Å². The molecule has 29 heavy (non-hydrogen) atoms. The lowest BCUT2D eigenvalue weighted by molar-refractivity contribution is -0.121. The number of pyridine rings is 1. The first-order valence-corrected chi connectivity index (χ1v) is 10.2. The van der Waals surface area contributed by atoms with Gasteiger partial charge in [-0.2, -0.15) is 0 Å². The van der Waals surface area contributed by atoms with Crippen LogP contribution >= 0.6 is 0 Å². The van der Waals surface area contributed by atoms with Crippen LogP contribution in [-0.4, -0.2) is 69.3 Å². The van der Waals surface area contributed by atoms with E-state index < -0.39 is 0 Å². The summed E-state index contributed by atoms with van der Waals surface area (Å²) in [6.07, 6.45) is 11.9. The van der Waals surface area contributed by atoms with Crippen molar-refractivity contribution in [2.45, 2.75) is 32.2 Å². The van der Waals surface area contributed by atoms with Crippen molar-refractivity contribution < 1.29 is 9.59 Å². The van der Waals surface area contributed by atoms with Crippen molar-refractivity contribution in [3.05, 3.63) is 54.4 Å². The van der Waals surface area contributed by atoms with Crippen LogP contribution in [0.15, 0.2) is 43.1 Å². The Morgan fingerprint density at radius 1 is 1.03 bits per heavy atom. The van der Waals surface area contributed by atoms with Crippen LogP contribution in [0.25, 0.3) is 0 Å². The SMILES string of the molecule is O=C(CCN(CCN1CCCCC1)C(=O)c1cnccn1)NCc1cccnc1. The highest BCUT2D eigenvalue weighted by Gasteiger charge is 2.20. The predicted octanol–water partition coefficient (Wildman–Crippen LogP) is 1.51. The maximum Gasteiger partial charge on any atom is 0.274 e. The number of rotatable bonds is 9. The van der Waals surface area contributed by atoms with Crippen molar-refractivity contribution in [2.75, 3.05) is 32.7 Å². The van der Waals surface area contributed by atoms with Gasteiger partial charge in [-0.25, -0.2) is 4.98 Å². The van der Waals surface area contributed by atoms with E-state index in [1.807, 2.05) is 12.1 Å². The number of nitrogens with zero attached hydrogens (tertiary/aromatic N) is 5. The van der Waals surface area contributed by atoms with Crippen molar-refractivity contribution >= 4 is 11.8 Å². The lowest BCUT2D eigenvalue weighted by Crippen LogP contribution is -2.42. The summed E-state index contributed by atoms with van der Waals surface area (Å²) in [7, 11) is 0. The Morgan fingerprint density at radius 3 is 2.59 bits per heavy atom. The molecule has 1 N–H and O–H groups in total. The number of piperidine rings is 1. The molecule has 0 radical (unpaired) electrons. The quantitative estimate of drug-likeness (QED) is 0.691. The normalized spacial score (nSPS) is 14.3. The summed E-state index contributed by atoms with van der Waals surface area (Å²) in [5, 5.41) is 2.88. The van der Waals surface area contributed by atoms with Gasteiger partial charge in [-0.15, -0.1) is 0 Å². The molecular formula is C21H28N6O2. The zero-order chi connectivity index (χ0) is 20.3. The van der Waals surface area contributed by atoms with Gasteiger partial charge in [-0.05, 0) is 37.6 Å². The van der Waals surface area contributed by atoms with Gasteiger partial charge in [0.05, 0.1) is 6.20 Å². The Bertz CT molecular complexity index is 765. The first-order valence-electron chi connectivity index (χ1n) is 10.2. The monoisotopic (exact) mass is 396 g/mol. The van der Waals surface area contributed by atoms with E-state index in [4.69, 9.17) is 0 Å². The number of carbonyl (C=O) groups is 2. The number of hydrogen-bond donors (Lipinski definition) is 1. The molecule has 0 aliphatic carbocycles. The average molecular weight is 396 g/mol. The molecule has 0 spiro atoms. The van der Waals surface area contributed by atoms with Crippen LogP contribution in [0.4, 0.5) is 0 Å². The van der Waals surface area contributed by atoms with E-state index in [0.29, 0.717) is 25.3 Å². The van der Waals surface area contributed by atoms with Gasteiger partial charge >= 0.3 is 0 Å². The molecule has 2 aromatic rings. The van der Waals surface area contributed by atoms with Crippen LogP contribution in [0.2, 0.25) is 0 Å². The first kappa shape index (κ1) is 20.9. The van der Waals surface area contributed by atoms with Crippen LogP contribution in [0, 0.1) is 0 Å². The van der Waals surface area contributed by atoms with Gasteiger partial charge in [-0.1, -0.05) is 12.5 Å². The molecule has 0 unspecified atom stereocenters. The molecule has 3 rings (SSSR count). The standard InChI is InChI=1S/C21H28N6O2/c28-20(25-16-18-5-4-7-22-15-18)6-12-27(14-13-26-10-2-1-3-11-26)21(29)19-17-23-8-9-24-19/h4-5,7-9,15,17H,1-3,6,10-14,16H2,(H,25,28).